The maximum absolute atomic E-state index is 12.7. The number of anilines is 1. The summed E-state index contributed by atoms with van der Waals surface area (Å²) in [6, 6.07) is 19.2. The zero-order chi connectivity index (χ0) is 19.3. The third kappa shape index (κ3) is 3.11. The smallest absolute Gasteiger partial charge is 0.345 e. The standard InChI is InChI=1S/C23H22N2O2S/c1-14-12-25(13-15(2)24-14)18-8-7-16-9-19(23(26)27-20(16)11-18)22-10-17-5-3-4-6-21(17)28-22/h3-11,14-15,24H,12-13H2,1-2H3. The van der Waals surface area contributed by atoms with Crippen molar-refractivity contribution in [1.82, 2.24) is 5.32 Å². The number of hydrogen-bond donors (Lipinski definition) is 1. The van der Waals surface area contributed by atoms with E-state index in [0.29, 0.717) is 23.2 Å². The molecule has 3 heterocycles. The van der Waals surface area contributed by atoms with Crippen LogP contribution in [0, 0.1) is 0 Å². The van der Waals surface area contributed by atoms with Gasteiger partial charge in [0.1, 0.15) is 5.58 Å². The van der Waals surface area contributed by atoms with E-state index >= 15 is 0 Å². The van der Waals surface area contributed by atoms with Crippen molar-refractivity contribution in [2.75, 3.05) is 18.0 Å². The van der Waals surface area contributed by atoms with E-state index in [1.54, 1.807) is 11.3 Å². The van der Waals surface area contributed by atoms with Gasteiger partial charge in [0.2, 0.25) is 0 Å². The highest BCUT2D eigenvalue weighted by Crippen LogP contribution is 2.33. The first kappa shape index (κ1) is 17.5. The normalized spacial score (nSPS) is 20.1. The number of piperazine rings is 1. The highest BCUT2D eigenvalue weighted by atomic mass is 32.1. The zero-order valence-electron chi connectivity index (χ0n) is 15.9. The second-order valence-electron chi connectivity index (χ2n) is 7.69. The van der Waals surface area contributed by atoms with E-state index in [4.69, 9.17) is 4.42 Å². The molecule has 5 heteroatoms. The average Bonchev–Trinajstić information content (AvgIpc) is 3.10. The Morgan fingerprint density at radius 2 is 1.79 bits per heavy atom. The molecular formula is C23H22N2O2S. The summed E-state index contributed by atoms with van der Waals surface area (Å²) in [6.07, 6.45) is 0. The Labute approximate surface area is 167 Å². The van der Waals surface area contributed by atoms with E-state index in [0.717, 1.165) is 34.4 Å². The summed E-state index contributed by atoms with van der Waals surface area (Å²) in [7, 11) is 0. The molecule has 0 saturated carbocycles. The summed E-state index contributed by atoms with van der Waals surface area (Å²) < 4.78 is 6.91. The van der Waals surface area contributed by atoms with Crippen LogP contribution in [0.2, 0.25) is 0 Å². The van der Waals surface area contributed by atoms with Crippen LogP contribution in [0.5, 0.6) is 0 Å². The molecule has 28 heavy (non-hydrogen) atoms. The molecule has 1 aliphatic rings. The molecule has 1 N–H and O–H groups in total. The van der Waals surface area contributed by atoms with Gasteiger partial charge in [-0.05, 0) is 49.6 Å². The van der Waals surface area contributed by atoms with Crippen LogP contribution < -0.4 is 15.8 Å². The highest BCUT2D eigenvalue weighted by Gasteiger charge is 2.21. The van der Waals surface area contributed by atoms with Crippen LogP contribution in [0.15, 0.2) is 63.8 Å². The molecule has 4 aromatic rings. The zero-order valence-corrected chi connectivity index (χ0v) is 16.8. The van der Waals surface area contributed by atoms with Crippen molar-refractivity contribution >= 4 is 38.1 Å². The number of nitrogens with zero attached hydrogens (tertiary/aromatic N) is 1. The molecule has 2 unspecified atom stereocenters. The topological polar surface area (TPSA) is 45.5 Å². The van der Waals surface area contributed by atoms with Gasteiger partial charge in [-0.25, -0.2) is 4.79 Å². The number of hydrogen-bond acceptors (Lipinski definition) is 5. The summed E-state index contributed by atoms with van der Waals surface area (Å²) >= 11 is 1.62. The highest BCUT2D eigenvalue weighted by molar-refractivity contribution is 7.22. The predicted octanol–water partition coefficient (Wildman–Crippen LogP) is 4.86. The van der Waals surface area contributed by atoms with Crippen LogP contribution in [0.4, 0.5) is 5.69 Å². The molecule has 2 aromatic heterocycles. The van der Waals surface area contributed by atoms with Crippen LogP contribution in [-0.2, 0) is 0 Å². The Balaban J connectivity index is 1.55. The molecule has 0 bridgehead atoms. The lowest BCUT2D eigenvalue weighted by molar-refractivity contribution is 0.407. The minimum absolute atomic E-state index is 0.279. The van der Waals surface area contributed by atoms with Gasteiger partial charge in [-0.2, -0.15) is 0 Å². The van der Waals surface area contributed by atoms with Crippen molar-refractivity contribution in [3.8, 4) is 10.4 Å². The molecule has 0 aliphatic carbocycles. The maximum Gasteiger partial charge on any atom is 0.345 e. The van der Waals surface area contributed by atoms with Gasteiger partial charge in [-0.1, -0.05) is 18.2 Å². The summed E-state index contributed by atoms with van der Waals surface area (Å²) in [5.41, 5.74) is 2.10. The van der Waals surface area contributed by atoms with Gasteiger partial charge in [-0.3, -0.25) is 0 Å². The van der Waals surface area contributed by atoms with E-state index in [1.165, 1.54) is 4.70 Å². The van der Waals surface area contributed by atoms with E-state index in [9.17, 15) is 4.79 Å². The van der Waals surface area contributed by atoms with E-state index in [2.05, 4.69) is 54.4 Å². The molecule has 142 valence electrons. The van der Waals surface area contributed by atoms with Gasteiger partial charge < -0.3 is 14.6 Å². The fraction of sp³-hybridized carbons (Fsp3) is 0.261. The Hall–Kier alpha value is -2.63. The Bertz CT molecular complexity index is 1180. The Morgan fingerprint density at radius 3 is 2.57 bits per heavy atom. The first-order valence-electron chi connectivity index (χ1n) is 9.65. The van der Waals surface area contributed by atoms with Crippen molar-refractivity contribution in [3.05, 3.63) is 65.0 Å². The summed E-state index contributed by atoms with van der Waals surface area (Å²) in [4.78, 5) is 16.0. The molecule has 0 spiro atoms. The minimum atomic E-state index is -0.279. The van der Waals surface area contributed by atoms with Crippen LogP contribution in [-0.4, -0.2) is 25.2 Å². The number of rotatable bonds is 2. The van der Waals surface area contributed by atoms with Crippen molar-refractivity contribution in [1.29, 1.82) is 0 Å². The van der Waals surface area contributed by atoms with E-state index < -0.39 is 0 Å². The average molecular weight is 391 g/mol. The molecule has 1 fully saturated rings. The minimum Gasteiger partial charge on any atom is -0.422 e. The third-order valence-corrected chi connectivity index (χ3v) is 6.48. The lowest BCUT2D eigenvalue weighted by Gasteiger charge is -2.37. The predicted molar refractivity (Wildman–Crippen MR) is 118 cm³/mol. The molecule has 2 atom stereocenters. The molecular weight excluding hydrogens is 368 g/mol. The molecule has 4 nitrogen and oxygen atoms in total. The summed E-state index contributed by atoms with van der Waals surface area (Å²) in [5.74, 6) is 0. The fourth-order valence-corrected chi connectivity index (χ4v) is 5.19. The summed E-state index contributed by atoms with van der Waals surface area (Å²) in [5, 5.41) is 5.65. The number of benzene rings is 2. The van der Waals surface area contributed by atoms with Gasteiger partial charge in [0, 0.05) is 51.9 Å². The molecule has 1 aliphatic heterocycles. The molecule has 1 saturated heterocycles. The number of nitrogens with one attached hydrogen (secondary N) is 1. The van der Waals surface area contributed by atoms with Crippen LogP contribution in [0.1, 0.15) is 13.8 Å². The van der Waals surface area contributed by atoms with Gasteiger partial charge >= 0.3 is 5.63 Å². The molecule has 0 radical (unpaired) electrons. The quantitative estimate of drug-likeness (QED) is 0.497. The van der Waals surface area contributed by atoms with Crippen LogP contribution in [0.25, 0.3) is 31.5 Å². The van der Waals surface area contributed by atoms with Crippen LogP contribution >= 0.6 is 11.3 Å². The Kier molecular flexibility index (Phi) is 4.22. The second kappa shape index (κ2) is 6.76. The first-order valence-corrected chi connectivity index (χ1v) is 10.5. The SMILES string of the molecule is CC1CN(c2ccc3cc(-c4cc5ccccc5s4)c(=O)oc3c2)CC(C)N1. The molecule has 5 rings (SSSR count). The fourth-order valence-electron chi connectivity index (χ4n) is 4.12. The Morgan fingerprint density at radius 1 is 1.00 bits per heavy atom. The largest absolute Gasteiger partial charge is 0.422 e. The molecule has 0 amide bonds. The first-order chi connectivity index (χ1) is 13.6. The second-order valence-corrected chi connectivity index (χ2v) is 8.78. The number of thiophene rings is 1. The van der Waals surface area contributed by atoms with Gasteiger partial charge in [0.15, 0.2) is 0 Å². The summed E-state index contributed by atoms with van der Waals surface area (Å²) in [6.45, 7) is 6.28. The molecule has 2 aromatic carbocycles. The lowest BCUT2D eigenvalue weighted by Crippen LogP contribution is -2.54. The van der Waals surface area contributed by atoms with E-state index in [-0.39, 0.29) is 5.63 Å². The maximum atomic E-state index is 12.7. The van der Waals surface area contributed by atoms with Crippen molar-refractivity contribution in [3.63, 3.8) is 0 Å². The van der Waals surface area contributed by atoms with Crippen LogP contribution in [0.3, 0.4) is 0 Å². The van der Waals surface area contributed by atoms with Gasteiger partial charge in [0.05, 0.1) is 5.56 Å². The van der Waals surface area contributed by atoms with Crippen molar-refractivity contribution in [2.24, 2.45) is 0 Å². The van der Waals surface area contributed by atoms with Gasteiger partial charge in [0.25, 0.3) is 0 Å². The van der Waals surface area contributed by atoms with Gasteiger partial charge in [-0.15, -0.1) is 11.3 Å². The van der Waals surface area contributed by atoms with Crippen molar-refractivity contribution in [2.45, 2.75) is 25.9 Å². The monoisotopic (exact) mass is 390 g/mol. The van der Waals surface area contributed by atoms with Crippen molar-refractivity contribution < 1.29 is 4.42 Å². The van der Waals surface area contributed by atoms with E-state index in [1.807, 2.05) is 24.3 Å². The number of fused-ring (bicyclic) bond motifs is 2. The third-order valence-electron chi connectivity index (χ3n) is 5.33. The lowest BCUT2D eigenvalue weighted by atomic mass is 10.1.